The van der Waals surface area contributed by atoms with Gasteiger partial charge in [0.25, 0.3) is 5.91 Å². The molecule has 1 amide bonds. The zero-order valence-corrected chi connectivity index (χ0v) is 20.9. The number of nitrogens with zero attached hydrogens (tertiary/aromatic N) is 4. The Morgan fingerprint density at radius 3 is 2.27 bits per heavy atom. The van der Waals surface area contributed by atoms with Crippen molar-refractivity contribution in [1.82, 2.24) is 14.9 Å². The number of amides is 1. The van der Waals surface area contributed by atoms with Gasteiger partial charge in [-0.15, -0.1) is 0 Å². The Bertz CT molecular complexity index is 1160. The number of carbonyl (C=O) groups excluding carboxylic acids is 1. The van der Waals surface area contributed by atoms with Crippen LogP contribution in [0.4, 0.5) is 5.82 Å². The highest BCUT2D eigenvalue weighted by molar-refractivity contribution is 6.42. The Morgan fingerprint density at radius 1 is 0.939 bits per heavy atom. The molecule has 1 aliphatic rings. The van der Waals surface area contributed by atoms with E-state index in [1.54, 1.807) is 18.2 Å². The molecule has 0 bridgehead atoms. The summed E-state index contributed by atoms with van der Waals surface area (Å²) in [6.45, 7) is 6.64. The molecule has 0 atom stereocenters. The number of carbonyl (C=O) groups is 1. The number of aromatic nitrogens is 2. The van der Waals surface area contributed by atoms with Crippen molar-refractivity contribution in [2.45, 2.75) is 26.7 Å². The summed E-state index contributed by atoms with van der Waals surface area (Å²) in [6.07, 6.45) is 1.56. The van der Waals surface area contributed by atoms with Crippen molar-refractivity contribution < 1.29 is 4.79 Å². The lowest BCUT2D eigenvalue weighted by Crippen LogP contribution is -2.49. The van der Waals surface area contributed by atoms with Crippen LogP contribution >= 0.6 is 34.8 Å². The Balaban J connectivity index is 1.54. The highest BCUT2D eigenvalue weighted by Gasteiger charge is 2.26. The fourth-order valence-electron chi connectivity index (χ4n) is 4.11. The molecule has 8 heteroatoms. The molecule has 172 valence electrons. The van der Waals surface area contributed by atoms with E-state index in [1.165, 1.54) is 0 Å². The first-order chi connectivity index (χ1) is 15.9. The standard InChI is InChI=1S/C25H25Cl3N4O/c1-3-23-20(14-17-4-7-19(26)8-5-17)24(30-16(2)29-23)31-10-12-32(13-11-31)25(33)18-6-9-21(27)22(28)15-18/h4-9,15H,3,10-14H2,1-2H3. The fraction of sp³-hybridized carbons (Fsp3) is 0.320. The van der Waals surface area contributed by atoms with Gasteiger partial charge in [-0.05, 0) is 49.2 Å². The van der Waals surface area contributed by atoms with Gasteiger partial charge >= 0.3 is 0 Å². The molecular weight excluding hydrogens is 479 g/mol. The first-order valence-corrected chi connectivity index (χ1v) is 12.1. The second kappa shape index (κ2) is 10.3. The summed E-state index contributed by atoms with van der Waals surface area (Å²) in [5, 5.41) is 1.55. The minimum absolute atomic E-state index is 0.0391. The monoisotopic (exact) mass is 502 g/mol. The van der Waals surface area contributed by atoms with Gasteiger partial charge in [0, 0.05) is 54.4 Å². The van der Waals surface area contributed by atoms with Gasteiger partial charge in [0.1, 0.15) is 11.6 Å². The molecule has 0 saturated carbocycles. The average Bonchev–Trinajstić information content (AvgIpc) is 2.82. The number of benzene rings is 2. The van der Waals surface area contributed by atoms with Crippen molar-refractivity contribution >= 4 is 46.5 Å². The lowest BCUT2D eigenvalue weighted by molar-refractivity contribution is 0.0746. The third-order valence-electron chi connectivity index (χ3n) is 5.84. The zero-order chi connectivity index (χ0) is 23.5. The van der Waals surface area contributed by atoms with Crippen molar-refractivity contribution in [2.75, 3.05) is 31.1 Å². The molecule has 0 radical (unpaired) electrons. The Morgan fingerprint density at radius 2 is 1.64 bits per heavy atom. The minimum Gasteiger partial charge on any atom is -0.353 e. The van der Waals surface area contributed by atoms with E-state index in [9.17, 15) is 4.79 Å². The van der Waals surface area contributed by atoms with E-state index >= 15 is 0 Å². The second-order valence-corrected chi connectivity index (χ2v) is 9.34. The van der Waals surface area contributed by atoms with Crippen molar-refractivity contribution in [2.24, 2.45) is 0 Å². The molecule has 3 aromatic rings. The molecule has 5 nitrogen and oxygen atoms in total. The molecule has 1 fully saturated rings. The van der Waals surface area contributed by atoms with Crippen molar-refractivity contribution in [3.8, 4) is 0 Å². The second-order valence-electron chi connectivity index (χ2n) is 8.08. The summed E-state index contributed by atoms with van der Waals surface area (Å²) in [5.41, 5.74) is 3.90. The van der Waals surface area contributed by atoms with Crippen molar-refractivity contribution in [1.29, 1.82) is 0 Å². The lowest BCUT2D eigenvalue weighted by Gasteiger charge is -2.36. The van der Waals surface area contributed by atoms with Gasteiger partial charge < -0.3 is 9.80 Å². The van der Waals surface area contributed by atoms with Crippen molar-refractivity contribution in [3.63, 3.8) is 0 Å². The summed E-state index contributed by atoms with van der Waals surface area (Å²) in [7, 11) is 0. The highest BCUT2D eigenvalue weighted by atomic mass is 35.5. The van der Waals surface area contributed by atoms with Crippen LogP contribution in [0.5, 0.6) is 0 Å². The topological polar surface area (TPSA) is 49.3 Å². The number of hydrogen-bond donors (Lipinski definition) is 0. The molecule has 0 unspecified atom stereocenters. The normalized spacial score (nSPS) is 14.0. The van der Waals surface area contributed by atoms with E-state index in [1.807, 2.05) is 36.1 Å². The van der Waals surface area contributed by atoms with Crippen LogP contribution in [0, 0.1) is 6.92 Å². The zero-order valence-electron chi connectivity index (χ0n) is 18.6. The number of halogens is 3. The first kappa shape index (κ1) is 23.8. The van der Waals surface area contributed by atoms with Gasteiger partial charge in [-0.25, -0.2) is 9.97 Å². The molecule has 0 spiro atoms. The fourth-order valence-corrected chi connectivity index (χ4v) is 4.54. The van der Waals surface area contributed by atoms with E-state index in [-0.39, 0.29) is 5.91 Å². The average molecular weight is 504 g/mol. The maximum Gasteiger partial charge on any atom is 0.254 e. The third-order valence-corrected chi connectivity index (χ3v) is 6.84. The van der Waals surface area contributed by atoms with E-state index in [4.69, 9.17) is 44.8 Å². The largest absolute Gasteiger partial charge is 0.353 e. The number of piperazine rings is 1. The van der Waals surface area contributed by atoms with Crippen molar-refractivity contribution in [3.05, 3.63) is 85.7 Å². The minimum atomic E-state index is -0.0391. The van der Waals surface area contributed by atoms with Gasteiger partial charge in [0.2, 0.25) is 0 Å². The SMILES string of the molecule is CCc1nc(C)nc(N2CCN(C(=O)c3ccc(Cl)c(Cl)c3)CC2)c1Cc1ccc(Cl)cc1. The van der Waals surface area contributed by atoms with Crippen LogP contribution in [0.2, 0.25) is 15.1 Å². The number of rotatable bonds is 5. The van der Waals surface area contributed by atoms with Gasteiger partial charge in [0.05, 0.1) is 10.0 Å². The summed E-state index contributed by atoms with van der Waals surface area (Å²) < 4.78 is 0. The molecule has 33 heavy (non-hydrogen) atoms. The van der Waals surface area contributed by atoms with E-state index in [2.05, 4.69) is 11.8 Å². The van der Waals surface area contributed by atoms with Gasteiger partial charge in [-0.2, -0.15) is 0 Å². The summed E-state index contributed by atoms with van der Waals surface area (Å²) in [5.74, 6) is 1.68. The summed E-state index contributed by atoms with van der Waals surface area (Å²) in [6, 6.07) is 12.9. The highest BCUT2D eigenvalue weighted by Crippen LogP contribution is 2.27. The van der Waals surface area contributed by atoms with Crippen LogP contribution in [0.1, 0.15) is 39.9 Å². The molecular formula is C25H25Cl3N4O. The van der Waals surface area contributed by atoms with Gasteiger partial charge in [0.15, 0.2) is 0 Å². The van der Waals surface area contributed by atoms with Crippen LogP contribution in [0.3, 0.4) is 0 Å². The molecule has 1 aromatic heterocycles. The quantitative estimate of drug-likeness (QED) is 0.437. The number of hydrogen-bond acceptors (Lipinski definition) is 4. The molecule has 2 heterocycles. The predicted octanol–water partition coefficient (Wildman–Crippen LogP) is 5.86. The molecule has 1 saturated heterocycles. The Hall–Kier alpha value is -2.34. The first-order valence-electron chi connectivity index (χ1n) is 11.0. The predicted molar refractivity (Wildman–Crippen MR) is 135 cm³/mol. The number of anilines is 1. The summed E-state index contributed by atoms with van der Waals surface area (Å²) in [4.78, 5) is 26.6. The third kappa shape index (κ3) is 5.43. The van der Waals surface area contributed by atoms with Crippen LogP contribution in [-0.2, 0) is 12.8 Å². The van der Waals surface area contributed by atoms with Crippen LogP contribution < -0.4 is 4.90 Å². The van der Waals surface area contributed by atoms with Crippen LogP contribution in [0.15, 0.2) is 42.5 Å². The maximum absolute atomic E-state index is 13.0. The maximum atomic E-state index is 13.0. The lowest BCUT2D eigenvalue weighted by atomic mass is 10.0. The Kier molecular flexibility index (Phi) is 7.42. The Labute approximate surface area is 209 Å². The molecule has 2 aromatic carbocycles. The van der Waals surface area contributed by atoms with Gasteiger partial charge in [-0.3, -0.25) is 4.79 Å². The van der Waals surface area contributed by atoms with E-state index in [0.29, 0.717) is 41.8 Å². The molecule has 0 N–H and O–H groups in total. The number of aryl methyl sites for hydroxylation is 2. The smallest absolute Gasteiger partial charge is 0.254 e. The van der Waals surface area contributed by atoms with Gasteiger partial charge in [-0.1, -0.05) is 53.9 Å². The van der Waals surface area contributed by atoms with E-state index in [0.717, 1.165) is 46.3 Å². The van der Waals surface area contributed by atoms with E-state index < -0.39 is 0 Å². The van der Waals surface area contributed by atoms with Crippen LogP contribution in [0.25, 0.3) is 0 Å². The summed E-state index contributed by atoms with van der Waals surface area (Å²) >= 11 is 18.2. The molecule has 0 aliphatic carbocycles. The molecule has 4 rings (SSSR count). The van der Waals surface area contributed by atoms with Crippen LogP contribution in [-0.4, -0.2) is 47.0 Å². The molecule has 1 aliphatic heterocycles.